The highest BCUT2D eigenvalue weighted by atomic mass is 31.2. The van der Waals surface area contributed by atoms with Gasteiger partial charge in [-0.2, -0.15) is 0 Å². The normalized spacial score (nSPS) is 13.9. The molecule has 0 saturated carbocycles. The summed E-state index contributed by atoms with van der Waals surface area (Å²) in [5.41, 5.74) is 4.47. The quantitative estimate of drug-likeness (QED) is 0.0632. The molecule has 4 amide bonds. The van der Waals surface area contributed by atoms with Crippen LogP contribution < -0.4 is 26.1 Å². The van der Waals surface area contributed by atoms with Gasteiger partial charge in [-0.1, -0.05) is 84.0 Å². The van der Waals surface area contributed by atoms with Crippen molar-refractivity contribution >= 4 is 31.6 Å². The van der Waals surface area contributed by atoms with Gasteiger partial charge < -0.3 is 44.3 Å². The molecule has 4 unspecified atom stereocenters. The molecule has 0 aliphatic carbocycles. The van der Waals surface area contributed by atoms with Gasteiger partial charge in [0.05, 0.1) is 45.3 Å². The second kappa shape index (κ2) is 23.2. The summed E-state index contributed by atoms with van der Waals surface area (Å²) in [7, 11) is -1.09. The number of nitrogens with zero attached hydrogens (tertiary/aromatic N) is 2. The third kappa shape index (κ3) is 16.4. The molecule has 0 bridgehead atoms. The van der Waals surface area contributed by atoms with Crippen LogP contribution in [0, 0.1) is 10.8 Å². The largest absolute Gasteiger partial charge is 0.481 e. The van der Waals surface area contributed by atoms with Crippen LogP contribution >= 0.6 is 7.60 Å². The highest BCUT2D eigenvalue weighted by molar-refractivity contribution is 7.53. The fourth-order valence-corrected chi connectivity index (χ4v) is 7.46. The average molecular weight is 871 g/mol. The Morgan fingerprint density at radius 3 is 1.79 bits per heavy atom. The Bertz CT molecular complexity index is 1890. The van der Waals surface area contributed by atoms with Crippen molar-refractivity contribution in [3.63, 3.8) is 0 Å². The molecule has 0 spiro atoms. The van der Waals surface area contributed by atoms with E-state index in [1.54, 1.807) is 85.9 Å². The number of pyridine rings is 1. The van der Waals surface area contributed by atoms with Crippen molar-refractivity contribution in [2.75, 3.05) is 40.3 Å². The van der Waals surface area contributed by atoms with Crippen molar-refractivity contribution in [2.45, 2.75) is 92.6 Å². The lowest BCUT2D eigenvalue weighted by Crippen LogP contribution is -2.60. The number of carbonyl (C=O) groups excluding carboxylic acids is 4. The highest BCUT2D eigenvalue weighted by Crippen LogP contribution is 2.47. The monoisotopic (exact) mass is 870 g/mol. The van der Waals surface area contributed by atoms with Crippen molar-refractivity contribution in [1.29, 1.82) is 0 Å². The van der Waals surface area contributed by atoms with Crippen LogP contribution in [0.3, 0.4) is 0 Å². The molecule has 336 valence electrons. The van der Waals surface area contributed by atoms with Gasteiger partial charge in [-0.15, -0.1) is 0 Å². The van der Waals surface area contributed by atoms with E-state index in [4.69, 9.17) is 23.3 Å². The number of aliphatic hydroxyl groups excluding tert-OH is 1. The van der Waals surface area contributed by atoms with Gasteiger partial charge >= 0.3 is 19.8 Å². The van der Waals surface area contributed by atoms with Crippen LogP contribution in [0.25, 0.3) is 11.3 Å². The third-order valence-electron chi connectivity index (χ3n) is 9.33. The molecule has 3 rings (SSSR count). The van der Waals surface area contributed by atoms with E-state index in [1.807, 2.05) is 42.5 Å². The van der Waals surface area contributed by atoms with Crippen LogP contribution in [0.4, 0.5) is 9.59 Å². The van der Waals surface area contributed by atoms with E-state index in [0.29, 0.717) is 11.3 Å². The van der Waals surface area contributed by atoms with E-state index in [2.05, 4.69) is 26.4 Å². The third-order valence-corrected chi connectivity index (χ3v) is 11.1. The van der Waals surface area contributed by atoms with Crippen LogP contribution in [-0.2, 0) is 45.6 Å². The maximum absolute atomic E-state index is 14.0. The molecule has 17 nitrogen and oxygen atoms in total. The second-order valence-electron chi connectivity index (χ2n) is 16.4. The molecule has 4 atom stereocenters. The molecule has 3 aromatic rings. The molecule has 0 fully saturated rings. The lowest BCUT2D eigenvalue weighted by molar-refractivity contribution is -0.132. The van der Waals surface area contributed by atoms with Crippen molar-refractivity contribution in [2.24, 2.45) is 10.8 Å². The number of amides is 4. The fraction of sp³-hybridized carbons (Fsp3) is 0.512. The zero-order chi connectivity index (χ0) is 45.4. The van der Waals surface area contributed by atoms with Gasteiger partial charge in [-0.3, -0.25) is 24.6 Å². The second-order valence-corrected chi connectivity index (χ2v) is 18.4. The smallest absolute Gasteiger partial charge is 0.407 e. The lowest BCUT2D eigenvalue weighted by Gasteiger charge is -2.35. The maximum Gasteiger partial charge on any atom is 0.407 e. The van der Waals surface area contributed by atoms with Crippen molar-refractivity contribution in [1.82, 2.24) is 31.4 Å². The molecular weight excluding hydrogens is 807 g/mol. The first kappa shape index (κ1) is 50.3. The van der Waals surface area contributed by atoms with E-state index < -0.39 is 66.7 Å². The Hall–Kier alpha value is -5.06. The summed E-state index contributed by atoms with van der Waals surface area (Å²) in [5, 5.41) is 21.8. The number of rotatable bonds is 21. The minimum absolute atomic E-state index is 0.0910. The molecule has 0 aliphatic heterocycles. The van der Waals surface area contributed by atoms with Gasteiger partial charge in [0.25, 0.3) is 5.91 Å². The zero-order valence-electron chi connectivity index (χ0n) is 36.9. The summed E-state index contributed by atoms with van der Waals surface area (Å²) in [6.07, 6.45) is -1.44. The van der Waals surface area contributed by atoms with Crippen LogP contribution in [0.2, 0.25) is 0 Å². The number of hydrogen-bond acceptors (Lipinski definition) is 13. The van der Waals surface area contributed by atoms with Gasteiger partial charge in [-0.05, 0) is 66.5 Å². The molecule has 61 heavy (non-hydrogen) atoms. The Labute approximate surface area is 359 Å². The van der Waals surface area contributed by atoms with Gasteiger partial charge in [0.1, 0.15) is 17.8 Å². The van der Waals surface area contributed by atoms with Crippen LogP contribution in [0.5, 0.6) is 5.75 Å². The van der Waals surface area contributed by atoms with E-state index in [0.717, 1.165) is 16.8 Å². The SMILES string of the molecule is CCOP(=O)(COc1ccc(CC(NC(=O)C(NC(=O)OC)C(C)(C)C)C(O)CN(Cc2ccc(-c3ccccn3)cc2)NC(=O)C(NC(=O)OC)C(C)(C)C)cc1)OCC. The van der Waals surface area contributed by atoms with Gasteiger partial charge in [0.15, 0.2) is 6.35 Å². The van der Waals surface area contributed by atoms with Crippen molar-refractivity contribution in [3.8, 4) is 17.0 Å². The number of methoxy groups -OCH3 is 2. The molecule has 5 N–H and O–H groups in total. The van der Waals surface area contributed by atoms with E-state index >= 15 is 0 Å². The van der Waals surface area contributed by atoms with E-state index in [9.17, 15) is 28.8 Å². The predicted molar refractivity (Wildman–Crippen MR) is 230 cm³/mol. The van der Waals surface area contributed by atoms with Gasteiger partial charge in [0.2, 0.25) is 5.91 Å². The molecule has 2 aromatic carbocycles. The highest BCUT2D eigenvalue weighted by Gasteiger charge is 2.37. The first-order chi connectivity index (χ1) is 28.7. The molecule has 0 radical (unpaired) electrons. The molecule has 0 aliphatic rings. The minimum Gasteiger partial charge on any atom is -0.481 e. The standard InChI is InChI=1S/C43H63N6O11P/c1-11-59-61(55,60-12-2)28-58-32-22-18-29(19-23-32)25-34(45-38(51)36(42(3,4)5)46-40(53)56-9)35(50)27-49(48-39(52)37(43(6,7)8)47-41(54)57-10)26-30-16-20-31(21-17-30)33-15-13-14-24-44-33/h13-24,34-37,50H,11-12,25-28H2,1-10H3,(H,45,51)(H,46,53)(H,47,54)(H,48,52). The summed E-state index contributed by atoms with van der Waals surface area (Å²) in [6.45, 7) is 14.4. The minimum atomic E-state index is -3.48. The molecule has 1 aromatic heterocycles. The van der Waals surface area contributed by atoms with Gasteiger partial charge in [0, 0.05) is 24.8 Å². The average Bonchev–Trinajstić information content (AvgIpc) is 3.20. The number of nitrogens with one attached hydrogen (secondary N) is 4. The first-order valence-corrected chi connectivity index (χ1v) is 21.8. The molecule has 18 heteroatoms. The van der Waals surface area contributed by atoms with Crippen molar-refractivity contribution in [3.05, 3.63) is 84.1 Å². The molecule has 0 saturated heterocycles. The van der Waals surface area contributed by atoms with E-state index in [1.165, 1.54) is 19.2 Å². The summed E-state index contributed by atoms with van der Waals surface area (Å²) < 4.78 is 38.9. The molecule has 1 heterocycles. The van der Waals surface area contributed by atoms with Crippen LogP contribution in [-0.4, -0.2) is 104 Å². The lowest BCUT2D eigenvalue weighted by atomic mass is 9.85. The predicted octanol–water partition coefficient (Wildman–Crippen LogP) is 5.81. The number of hydrazine groups is 1. The number of carbonyl (C=O) groups is 4. The number of ether oxygens (including phenoxy) is 3. The Morgan fingerprint density at radius 2 is 1.30 bits per heavy atom. The summed E-state index contributed by atoms with van der Waals surface area (Å²) in [4.78, 5) is 57.1. The maximum atomic E-state index is 14.0. The summed E-state index contributed by atoms with van der Waals surface area (Å²) in [6, 6.07) is 16.8. The Morgan fingerprint density at radius 1 is 0.754 bits per heavy atom. The van der Waals surface area contributed by atoms with E-state index in [-0.39, 0.29) is 39.1 Å². The summed E-state index contributed by atoms with van der Waals surface area (Å²) >= 11 is 0. The number of aliphatic hydroxyl groups is 1. The molecular formula is C43H63N6O11P. The zero-order valence-corrected chi connectivity index (χ0v) is 37.7. The number of benzene rings is 2. The van der Waals surface area contributed by atoms with Crippen LogP contribution in [0.15, 0.2) is 72.9 Å². The first-order valence-electron chi connectivity index (χ1n) is 20.0. The Balaban J connectivity index is 2.00. The number of hydrogen-bond donors (Lipinski definition) is 5. The number of aromatic nitrogens is 1. The Kier molecular flexibility index (Phi) is 19.2. The van der Waals surface area contributed by atoms with Crippen molar-refractivity contribution < 1.29 is 52.1 Å². The van der Waals surface area contributed by atoms with Crippen LogP contribution in [0.1, 0.15) is 66.5 Å². The fourth-order valence-electron chi connectivity index (χ4n) is 6.15. The topological polar surface area (TPSA) is 216 Å². The number of alkyl carbamates (subject to hydrolysis) is 2. The summed E-state index contributed by atoms with van der Waals surface area (Å²) in [5.74, 6) is -0.767. The van der Waals surface area contributed by atoms with Gasteiger partial charge in [-0.25, -0.2) is 14.6 Å².